The molecular formula is C10H8N2. The molecule has 0 unspecified atom stereocenters. The van der Waals surface area contributed by atoms with Crippen molar-refractivity contribution >= 4 is 17.2 Å². The second-order valence-electron chi connectivity index (χ2n) is 3.03. The van der Waals surface area contributed by atoms with Gasteiger partial charge in [-0.15, -0.1) is 0 Å². The summed E-state index contributed by atoms with van der Waals surface area (Å²) in [6.45, 7) is 0. The lowest BCUT2D eigenvalue weighted by Crippen LogP contribution is -1.94. The van der Waals surface area contributed by atoms with Gasteiger partial charge in [-0.25, -0.2) is 4.98 Å². The Morgan fingerprint density at radius 3 is 3.33 bits per heavy atom. The third kappa shape index (κ3) is 0.619. The fourth-order valence-corrected chi connectivity index (χ4v) is 1.73. The van der Waals surface area contributed by atoms with E-state index in [-0.39, 0.29) is 0 Å². The van der Waals surface area contributed by atoms with Crippen molar-refractivity contribution in [2.24, 2.45) is 0 Å². The Morgan fingerprint density at radius 1 is 1.33 bits per heavy atom. The van der Waals surface area contributed by atoms with Gasteiger partial charge in [0.25, 0.3) is 0 Å². The summed E-state index contributed by atoms with van der Waals surface area (Å²) >= 11 is 0. The molecule has 0 N–H and O–H groups in total. The van der Waals surface area contributed by atoms with E-state index in [1.807, 2.05) is 6.33 Å². The van der Waals surface area contributed by atoms with Crippen LogP contribution in [0.25, 0.3) is 17.2 Å². The summed E-state index contributed by atoms with van der Waals surface area (Å²) in [5.74, 6) is 0. The highest BCUT2D eigenvalue weighted by molar-refractivity contribution is 5.82. The van der Waals surface area contributed by atoms with Gasteiger partial charge >= 0.3 is 0 Å². The predicted molar refractivity (Wildman–Crippen MR) is 48.8 cm³/mol. The van der Waals surface area contributed by atoms with Crippen LogP contribution in [0.15, 0.2) is 30.6 Å². The van der Waals surface area contributed by atoms with Gasteiger partial charge in [-0.3, -0.25) is 0 Å². The number of allylic oxidation sites excluding steroid dienone is 1. The van der Waals surface area contributed by atoms with Gasteiger partial charge in [0, 0.05) is 6.20 Å². The second-order valence-corrected chi connectivity index (χ2v) is 3.03. The first-order chi connectivity index (χ1) is 5.95. The standard InChI is InChI=1S/C10H8N2/c1-3-8-4-2-6-12-7-11-9(5-1)10(8)12/h1-3,5-7H,4H2. The zero-order chi connectivity index (χ0) is 7.97. The van der Waals surface area contributed by atoms with Crippen molar-refractivity contribution < 1.29 is 0 Å². The topological polar surface area (TPSA) is 17.8 Å². The Balaban J connectivity index is 2.57. The van der Waals surface area contributed by atoms with Gasteiger partial charge in [-0.2, -0.15) is 0 Å². The lowest BCUT2D eigenvalue weighted by atomic mass is 10.1. The molecule has 2 nitrogen and oxygen atoms in total. The van der Waals surface area contributed by atoms with E-state index in [2.05, 4.69) is 40.0 Å². The van der Waals surface area contributed by atoms with Crippen molar-refractivity contribution in [3.05, 3.63) is 36.2 Å². The van der Waals surface area contributed by atoms with Crippen LogP contribution in [0.1, 0.15) is 5.56 Å². The molecule has 1 aliphatic rings. The van der Waals surface area contributed by atoms with Crippen molar-refractivity contribution in [2.75, 3.05) is 0 Å². The molecule has 1 aromatic carbocycles. The number of rotatable bonds is 0. The quantitative estimate of drug-likeness (QED) is 0.571. The summed E-state index contributed by atoms with van der Waals surface area (Å²) in [6, 6.07) is 6.27. The number of aromatic nitrogens is 2. The molecule has 0 saturated heterocycles. The molecule has 12 heavy (non-hydrogen) atoms. The van der Waals surface area contributed by atoms with Crippen molar-refractivity contribution in [1.29, 1.82) is 0 Å². The molecule has 2 heteroatoms. The van der Waals surface area contributed by atoms with Crippen LogP contribution < -0.4 is 0 Å². The number of benzene rings is 1. The Labute approximate surface area is 70.2 Å². The van der Waals surface area contributed by atoms with Crippen LogP contribution in [0, 0.1) is 0 Å². The molecule has 0 bridgehead atoms. The minimum absolute atomic E-state index is 1.03. The number of hydrogen-bond acceptors (Lipinski definition) is 1. The maximum atomic E-state index is 4.30. The predicted octanol–water partition coefficient (Wildman–Crippen LogP) is 2.06. The SMILES string of the molecule is C1=Cn2cnc3cccc(c32)C1. The number of imidazole rings is 1. The molecule has 0 radical (unpaired) electrons. The Kier molecular flexibility index (Phi) is 0.987. The van der Waals surface area contributed by atoms with E-state index in [4.69, 9.17) is 0 Å². The monoisotopic (exact) mass is 156 g/mol. The summed E-state index contributed by atoms with van der Waals surface area (Å²) < 4.78 is 2.08. The van der Waals surface area contributed by atoms with Crippen molar-refractivity contribution in [3.63, 3.8) is 0 Å². The van der Waals surface area contributed by atoms with Crippen molar-refractivity contribution in [2.45, 2.75) is 6.42 Å². The van der Waals surface area contributed by atoms with Crippen molar-refractivity contribution in [1.82, 2.24) is 9.55 Å². The molecule has 2 aromatic rings. The minimum atomic E-state index is 1.03. The fraction of sp³-hybridized carbons (Fsp3) is 0.100. The van der Waals surface area contributed by atoms with Crippen LogP contribution in [0.2, 0.25) is 0 Å². The molecule has 3 rings (SSSR count). The van der Waals surface area contributed by atoms with E-state index in [0.29, 0.717) is 0 Å². The molecule has 0 spiro atoms. The normalized spacial score (nSPS) is 14.0. The highest BCUT2D eigenvalue weighted by Gasteiger charge is 2.07. The molecule has 2 heterocycles. The Morgan fingerprint density at radius 2 is 2.33 bits per heavy atom. The molecule has 58 valence electrons. The number of nitrogens with zero attached hydrogens (tertiary/aromatic N) is 2. The molecule has 0 aliphatic carbocycles. The smallest absolute Gasteiger partial charge is 0.0999 e. The van der Waals surface area contributed by atoms with E-state index in [1.54, 1.807) is 0 Å². The fourth-order valence-electron chi connectivity index (χ4n) is 1.73. The zero-order valence-corrected chi connectivity index (χ0v) is 6.57. The highest BCUT2D eigenvalue weighted by Crippen LogP contribution is 2.21. The zero-order valence-electron chi connectivity index (χ0n) is 6.57. The summed E-state index contributed by atoms with van der Waals surface area (Å²) in [5.41, 5.74) is 3.73. The molecule has 0 saturated carbocycles. The van der Waals surface area contributed by atoms with Gasteiger partial charge in [0.05, 0.1) is 17.4 Å². The first kappa shape index (κ1) is 6.00. The second kappa shape index (κ2) is 1.97. The van der Waals surface area contributed by atoms with Gasteiger partial charge in [-0.05, 0) is 18.1 Å². The summed E-state index contributed by atoms with van der Waals surface area (Å²) in [4.78, 5) is 4.30. The number of hydrogen-bond donors (Lipinski definition) is 0. The van der Waals surface area contributed by atoms with Gasteiger partial charge < -0.3 is 4.57 Å². The Bertz CT molecular complexity index is 466. The summed E-state index contributed by atoms with van der Waals surface area (Å²) in [5, 5.41) is 0. The molecule has 1 aliphatic heterocycles. The summed E-state index contributed by atoms with van der Waals surface area (Å²) in [6.07, 6.45) is 7.12. The molecular weight excluding hydrogens is 148 g/mol. The average Bonchev–Trinajstić information content (AvgIpc) is 2.52. The number of para-hydroxylation sites is 1. The Hall–Kier alpha value is -1.57. The van der Waals surface area contributed by atoms with Crippen LogP contribution >= 0.6 is 0 Å². The lowest BCUT2D eigenvalue weighted by molar-refractivity contribution is 1.11. The molecule has 1 aromatic heterocycles. The van der Waals surface area contributed by atoms with Gasteiger partial charge in [0.15, 0.2) is 0 Å². The third-order valence-electron chi connectivity index (χ3n) is 2.28. The minimum Gasteiger partial charge on any atom is -0.306 e. The maximum absolute atomic E-state index is 4.30. The molecule has 0 atom stereocenters. The largest absolute Gasteiger partial charge is 0.306 e. The highest BCUT2D eigenvalue weighted by atomic mass is 15.0. The van der Waals surface area contributed by atoms with Crippen LogP contribution in [0.4, 0.5) is 0 Å². The van der Waals surface area contributed by atoms with Crippen LogP contribution in [-0.2, 0) is 6.42 Å². The lowest BCUT2D eigenvalue weighted by Gasteiger charge is -2.07. The van der Waals surface area contributed by atoms with E-state index in [1.165, 1.54) is 11.1 Å². The van der Waals surface area contributed by atoms with E-state index >= 15 is 0 Å². The van der Waals surface area contributed by atoms with Gasteiger partial charge in [0.1, 0.15) is 0 Å². The average molecular weight is 156 g/mol. The molecule has 0 amide bonds. The third-order valence-corrected chi connectivity index (χ3v) is 2.28. The van der Waals surface area contributed by atoms with E-state index in [0.717, 1.165) is 11.9 Å². The maximum Gasteiger partial charge on any atom is 0.0999 e. The first-order valence-electron chi connectivity index (χ1n) is 4.06. The first-order valence-corrected chi connectivity index (χ1v) is 4.06. The van der Waals surface area contributed by atoms with Crippen LogP contribution in [0.5, 0.6) is 0 Å². The van der Waals surface area contributed by atoms with Gasteiger partial charge in [0.2, 0.25) is 0 Å². The van der Waals surface area contributed by atoms with Crippen LogP contribution in [0.3, 0.4) is 0 Å². The summed E-state index contributed by atoms with van der Waals surface area (Å²) in [7, 11) is 0. The van der Waals surface area contributed by atoms with Gasteiger partial charge in [-0.1, -0.05) is 18.2 Å². The van der Waals surface area contributed by atoms with Crippen molar-refractivity contribution in [3.8, 4) is 0 Å². The molecule has 0 fully saturated rings. The van der Waals surface area contributed by atoms with Crippen LogP contribution in [-0.4, -0.2) is 9.55 Å². The van der Waals surface area contributed by atoms with E-state index in [9.17, 15) is 0 Å². The van der Waals surface area contributed by atoms with E-state index < -0.39 is 0 Å².